The molecule has 0 aliphatic rings. The van der Waals surface area contributed by atoms with Crippen LogP contribution in [-0.4, -0.2) is 10.8 Å². The highest BCUT2D eigenvalue weighted by Gasteiger charge is 2.19. The largest absolute Gasteiger partial charge is 0.345 e. The van der Waals surface area contributed by atoms with E-state index in [4.69, 9.17) is 11.6 Å². The highest BCUT2D eigenvalue weighted by molar-refractivity contribution is 6.32. The predicted octanol–water partition coefficient (Wildman–Crippen LogP) is 4.52. The standard InChI is InChI=1S/C17H17ClN2O3/c1-2-6-15(12-7-4-3-5-8-12)19-17(21)13-9-10-14(18)16(11-13)20(22)23/h3-5,7-11,15H,2,6H2,1H3,(H,19,21)/t15-/m0/s1. The molecule has 1 amide bonds. The summed E-state index contributed by atoms with van der Waals surface area (Å²) in [6, 6.07) is 13.6. The Labute approximate surface area is 139 Å². The number of hydrogen-bond donors (Lipinski definition) is 1. The molecule has 2 aromatic carbocycles. The van der Waals surface area contributed by atoms with Crippen molar-refractivity contribution in [2.24, 2.45) is 0 Å². The van der Waals surface area contributed by atoms with E-state index in [1.807, 2.05) is 37.3 Å². The lowest BCUT2D eigenvalue weighted by atomic mass is 10.0. The lowest BCUT2D eigenvalue weighted by molar-refractivity contribution is -0.384. The molecule has 0 aromatic heterocycles. The molecule has 1 atom stereocenters. The van der Waals surface area contributed by atoms with Crippen molar-refractivity contribution in [1.29, 1.82) is 0 Å². The molecule has 120 valence electrons. The van der Waals surface area contributed by atoms with Gasteiger partial charge in [0.1, 0.15) is 5.02 Å². The van der Waals surface area contributed by atoms with Gasteiger partial charge in [0, 0.05) is 11.6 Å². The smallest absolute Gasteiger partial charge is 0.288 e. The summed E-state index contributed by atoms with van der Waals surface area (Å²) in [5, 5.41) is 13.9. The van der Waals surface area contributed by atoms with Crippen molar-refractivity contribution >= 4 is 23.2 Å². The number of amides is 1. The summed E-state index contributed by atoms with van der Waals surface area (Å²) in [5.41, 5.74) is 0.954. The first kappa shape index (κ1) is 17.0. The molecule has 2 aromatic rings. The molecule has 0 saturated carbocycles. The summed E-state index contributed by atoms with van der Waals surface area (Å²) in [4.78, 5) is 22.7. The number of nitrogens with zero attached hydrogens (tertiary/aromatic N) is 1. The van der Waals surface area contributed by atoms with Crippen LogP contribution in [0, 0.1) is 10.1 Å². The fourth-order valence-electron chi connectivity index (χ4n) is 2.33. The van der Waals surface area contributed by atoms with Crippen LogP contribution >= 0.6 is 11.6 Å². The fraction of sp³-hybridized carbons (Fsp3) is 0.235. The van der Waals surface area contributed by atoms with Crippen molar-refractivity contribution in [2.75, 3.05) is 0 Å². The number of hydrogen-bond acceptors (Lipinski definition) is 3. The van der Waals surface area contributed by atoms with Gasteiger partial charge in [0.2, 0.25) is 0 Å². The number of nitro groups is 1. The van der Waals surface area contributed by atoms with E-state index in [0.717, 1.165) is 18.4 Å². The predicted molar refractivity (Wildman–Crippen MR) is 89.7 cm³/mol. The van der Waals surface area contributed by atoms with Crippen LogP contribution in [-0.2, 0) is 0 Å². The minimum atomic E-state index is -0.597. The number of benzene rings is 2. The molecule has 6 heteroatoms. The van der Waals surface area contributed by atoms with Crippen molar-refractivity contribution < 1.29 is 9.72 Å². The van der Waals surface area contributed by atoms with E-state index < -0.39 is 4.92 Å². The maximum Gasteiger partial charge on any atom is 0.288 e. The molecule has 0 fully saturated rings. The van der Waals surface area contributed by atoms with Gasteiger partial charge in [-0.15, -0.1) is 0 Å². The van der Waals surface area contributed by atoms with Crippen LogP contribution in [0.1, 0.15) is 41.7 Å². The van der Waals surface area contributed by atoms with Gasteiger partial charge in [0.05, 0.1) is 11.0 Å². The maximum atomic E-state index is 12.4. The summed E-state index contributed by atoms with van der Waals surface area (Å²) in [6.07, 6.45) is 1.69. The second-order valence-electron chi connectivity index (χ2n) is 5.15. The Morgan fingerprint density at radius 1 is 1.26 bits per heavy atom. The van der Waals surface area contributed by atoms with Gasteiger partial charge in [-0.25, -0.2) is 0 Å². The molecule has 0 saturated heterocycles. The third-order valence-corrected chi connectivity index (χ3v) is 3.81. The first-order valence-electron chi connectivity index (χ1n) is 7.32. The number of carbonyl (C=O) groups is 1. The van der Waals surface area contributed by atoms with Gasteiger partial charge in [-0.1, -0.05) is 55.3 Å². The summed E-state index contributed by atoms with van der Waals surface area (Å²) < 4.78 is 0. The van der Waals surface area contributed by atoms with Crippen LogP contribution in [0.15, 0.2) is 48.5 Å². The van der Waals surface area contributed by atoms with Gasteiger partial charge in [-0.3, -0.25) is 14.9 Å². The van der Waals surface area contributed by atoms with Gasteiger partial charge >= 0.3 is 0 Å². The third-order valence-electron chi connectivity index (χ3n) is 3.49. The topological polar surface area (TPSA) is 72.2 Å². The first-order valence-corrected chi connectivity index (χ1v) is 7.70. The fourth-order valence-corrected chi connectivity index (χ4v) is 2.52. The second-order valence-corrected chi connectivity index (χ2v) is 5.56. The molecule has 0 aliphatic heterocycles. The number of halogens is 1. The number of nitro benzene ring substituents is 1. The zero-order chi connectivity index (χ0) is 16.8. The van der Waals surface area contributed by atoms with Crippen LogP contribution in [0.4, 0.5) is 5.69 Å². The second kappa shape index (κ2) is 7.74. The Bertz CT molecular complexity index is 704. The number of nitrogens with one attached hydrogen (secondary N) is 1. The molecule has 5 nitrogen and oxygen atoms in total. The van der Waals surface area contributed by atoms with Crippen molar-refractivity contribution in [3.8, 4) is 0 Å². The molecule has 0 heterocycles. The highest BCUT2D eigenvalue weighted by atomic mass is 35.5. The van der Waals surface area contributed by atoms with E-state index in [1.165, 1.54) is 18.2 Å². The molecular weight excluding hydrogens is 316 g/mol. The van der Waals surface area contributed by atoms with Crippen molar-refractivity contribution in [2.45, 2.75) is 25.8 Å². The molecule has 0 unspecified atom stereocenters. The van der Waals surface area contributed by atoms with Crippen molar-refractivity contribution in [3.63, 3.8) is 0 Å². The molecule has 0 spiro atoms. The lowest BCUT2D eigenvalue weighted by Gasteiger charge is -2.18. The van der Waals surface area contributed by atoms with E-state index in [0.29, 0.717) is 0 Å². The van der Waals surface area contributed by atoms with Gasteiger partial charge in [-0.2, -0.15) is 0 Å². The Balaban J connectivity index is 2.22. The van der Waals surface area contributed by atoms with E-state index in [9.17, 15) is 14.9 Å². The van der Waals surface area contributed by atoms with Crippen LogP contribution in [0.3, 0.4) is 0 Å². The van der Waals surface area contributed by atoms with Crippen molar-refractivity contribution in [3.05, 3.63) is 74.8 Å². The SMILES string of the molecule is CCC[C@H](NC(=O)c1ccc(Cl)c([N+](=O)[O-])c1)c1ccccc1. The van der Waals surface area contributed by atoms with Crippen molar-refractivity contribution in [1.82, 2.24) is 5.32 Å². The monoisotopic (exact) mass is 332 g/mol. The number of rotatable bonds is 6. The summed E-state index contributed by atoms with van der Waals surface area (Å²) in [5.74, 6) is -0.355. The molecule has 2 rings (SSSR count). The van der Waals surface area contributed by atoms with E-state index >= 15 is 0 Å². The molecule has 23 heavy (non-hydrogen) atoms. The van der Waals surface area contributed by atoms with Crippen LogP contribution < -0.4 is 5.32 Å². The normalized spacial score (nSPS) is 11.7. The zero-order valence-corrected chi connectivity index (χ0v) is 13.4. The molecule has 0 aliphatic carbocycles. The first-order chi connectivity index (χ1) is 11.0. The average Bonchev–Trinajstić information content (AvgIpc) is 2.55. The van der Waals surface area contributed by atoms with Crippen LogP contribution in [0.2, 0.25) is 5.02 Å². The van der Waals surface area contributed by atoms with Gasteiger partial charge in [-0.05, 0) is 24.1 Å². The van der Waals surface area contributed by atoms with Gasteiger partial charge in [0.15, 0.2) is 0 Å². The maximum absolute atomic E-state index is 12.4. The Morgan fingerprint density at radius 2 is 1.96 bits per heavy atom. The number of carbonyl (C=O) groups excluding carboxylic acids is 1. The van der Waals surface area contributed by atoms with E-state index in [1.54, 1.807) is 0 Å². The quantitative estimate of drug-likeness (QED) is 0.624. The Kier molecular flexibility index (Phi) is 5.71. The third kappa shape index (κ3) is 4.29. The highest BCUT2D eigenvalue weighted by Crippen LogP contribution is 2.26. The Morgan fingerprint density at radius 3 is 2.57 bits per heavy atom. The zero-order valence-electron chi connectivity index (χ0n) is 12.7. The van der Waals surface area contributed by atoms with Crippen LogP contribution in [0.25, 0.3) is 0 Å². The summed E-state index contributed by atoms with van der Waals surface area (Å²) in [6.45, 7) is 2.04. The molecule has 0 bridgehead atoms. The summed E-state index contributed by atoms with van der Waals surface area (Å²) >= 11 is 5.77. The average molecular weight is 333 g/mol. The van der Waals surface area contributed by atoms with E-state index in [-0.39, 0.29) is 28.2 Å². The lowest BCUT2D eigenvalue weighted by Crippen LogP contribution is -2.28. The molecular formula is C17H17ClN2O3. The summed E-state index contributed by atoms with van der Waals surface area (Å²) in [7, 11) is 0. The van der Waals surface area contributed by atoms with Gasteiger partial charge in [0.25, 0.3) is 11.6 Å². The Hall–Kier alpha value is -2.40. The van der Waals surface area contributed by atoms with Gasteiger partial charge < -0.3 is 5.32 Å². The molecule has 0 radical (unpaired) electrons. The molecule has 1 N–H and O–H groups in total. The van der Waals surface area contributed by atoms with E-state index in [2.05, 4.69) is 5.32 Å². The van der Waals surface area contributed by atoms with Crippen LogP contribution in [0.5, 0.6) is 0 Å². The minimum absolute atomic E-state index is 0.0136. The minimum Gasteiger partial charge on any atom is -0.345 e.